The molecule has 1 amide bonds. The van der Waals surface area contributed by atoms with E-state index >= 15 is 0 Å². The number of carbonyl (C=O) groups is 1. The lowest BCUT2D eigenvalue weighted by Gasteiger charge is -2.23. The minimum atomic E-state index is -0.0159. The molecule has 0 aromatic heterocycles. The molecule has 0 spiro atoms. The van der Waals surface area contributed by atoms with Gasteiger partial charge < -0.3 is 16.3 Å². The Labute approximate surface area is 115 Å². The van der Waals surface area contributed by atoms with E-state index in [4.69, 9.17) is 10.9 Å². The summed E-state index contributed by atoms with van der Waals surface area (Å²) in [6.07, 6.45) is 6.71. The summed E-state index contributed by atoms with van der Waals surface area (Å²) < 4.78 is 0. The van der Waals surface area contributed by atoms with Crippen molar-refractivity contribution in [2.24, 2.45) is 22.7 Å². The lowest BCUT2D eigenvalue weighted by atomic mass is 9.95. The summed E-state index contributed by atoms with van der Waals surface area (Å²) in [7, 11) is 0. The van der Waals surface area contributed by atoms with Crippen LogP contribution >= 0.6 is 0 Å². The van der Waals surface area contributed by atoms with Crippen molar-refractivity contribution in [3.8, 4) is 0 Å². The maximum absolute atomic E-state index is 12.3. The first kappa shape index (κ1) is 15.8. The molecule has 1 saturated carbocycles. The molecular formula is C14H27N3O2. The molecule has 1 rings (SSSR count). The number of amidine groups is 1. The zero-order valence-electron chi connectivity index (χ0n) is 12.1. The molecule has 2 atom stereocenters. The van der Waals surface area contributed by atoms with E-state index in [0.717, 1.165) is 44.9 Å². The summed E-state index contributed by atoms with van der Waals surface area (Å²) in [4.78, 5) is 12.3. The van der Waals surface area contributed by atoms with Gasteiger partial charge in [0.25, 0.3) is 0 Å². The third-order valence-corrected chi connectivity index (χ3v) is 3.98. The summed E-state index contributed by atoms with van der Waals surface area (Å²) in [5.74, 6) is 0.457. The highest BCUT2D eigenvalue weighted by Gasteiger charge is 2.32. The normalized spacial score (nSPS) is 23.8. The molecule has 19 heavy (non-hydrogen) atoms. The number of carbonyl (C=O) groups excluding carboxylic acids is 1. The second-order valence-electron chi connectivity index (χ2n) is 5.45. The largest absolute Gasteiger partial charge is 0.409 e. The van der Waals surface area contributed by atoms with Crippen molar-refractivity contribution in [1.29, 1.82) is 0 Å². The zero-order chi connectivity index (χ0) is 14.3. The third kappa shape index (κ3) is 4.40. The molecule has 1 fully saturated rings. The summed E-state index contributed by atoms with van der Waals surface area (Å²) in [5, 5.41) is 15.0. The van der Waals surface area contributed by atoms with Crippen LogP contribution in [0.15, 0.2) is 5.16 Å². The summed E-state index contributed by atoms with van der Waals surface area (Å²) in [5.41, 5.74) is 5.69. The number of hydrogen-bond donors (Lipinski definition) is 3. The summed E-state index contributed by atoms with van der Waals surface area (Å²) in [6, 6.07) is 0.0274. The molecule has 4 N–H and O–H groups in total. The number of rotatable bonds is 7. The Hall–Kier alpha value is -1.26. The van der Waals surface area contributed by atoms with Gasteiger partial charge >= 0.3 is 0 Å². The Morgan fingerprint density at radius 1 is 1.37 bits per heavy atom. The monoisotopic (exact) mass is 269 g/mol. The molecule has 0 bridgehead atoms. The van der Waals surface area contributed by atoms with E-state index < -0.39 is 0 Å². The smallest absolute Gasteiger partial charge is 0.223 e. The van der Waals surface area contributed by atoms with E-state index in [2.05, 4.69) is 24.3 Å². The molecule has 1 aliphatic rings. The number of oxime groups is 1. The van der Waals surface area contributed by atoms with Gasteiger partial charge in [0.15, 0.2) is 0 Å². The highest BCUT2D eigenvalue weighted by Crippen LogP contribution is 2.26. The second kappa shape index (κ2) is 8.02. The average Bonchev–Trinajstić information content (AvgIpc) is 2.85. The minimum absolute atomic E-state index is 0.0159. The van der Waals surface area contributed by atoms with Crippen LogP contribution < -0.4 is 11.1 Å². The van der Waals surface area contributed by atoms with Crippen LogP contribution in [0.25, 0.3) is 0 Å². The Bertz CT molecular complexity index is 312. The number of amides is 1. The van der Waals surface area contributed by atoms with Crippen molar-refractivity contribution in [2.45, 2.75) is 64.8 Å². The number of hydrogen-bond acceptors (Lipinski definition) is 3. The van der Waals surface area contributed by atoms with E-state index in [-0.39, 0.29) is 29.6 Å². The lowest BCUT2D eigenvalue weighted by molar-refractivity contribution is -0.126. The predicted octanol–water partition coefficient (Wildman–Crippen LogP) is 2.23. The van der Waals surface area contributed by atoms with Gasteiger partial charge in [0, 0.05) is 17.9 Å². The fourth-order valence-corrected chi connectivity index (χ4v) is 2.97. The van der Waals surface area contributed by atoms with Crippen LogP contribution in [-0.2, 0) is 4.79 Å². The van der Waals surface area contributed by atoms with E-state index in [1.54, 1.807) is 0 Å². The Kier molecular flexibility index (Phi) is 6.67. The van der Waals surface area contributed by atoms with Gasteiger partial charge in [0.2, 0.25) is 5.91 Å². The first-order chi connectivity index (χ1) is 9.13. The van der Waals surface area contributed by atoms with Gasteiger partial charge in [-0.15, -0.1) is 0 Å². The van der Waals surface area contributed by atoms with Gasteiger partial charge in [0.1, 0.15) is 5.84 Å². The maximum Gasteiger partial charge on any atom is 0.223 e. The standard InChI is InChI=1S/C14H27N3O2/c1-3-6-10(7-4-2)14(18)16-12-9-5-8-11(12)13(15)17-19/h10-12,19H,3-9H2,1-2H3,(H2,15,17)(H,16,18). The van der Waals surface area contributed by atoms with Gasteiger partial charge in [-0.3, -0.25) is 4.79 Å². The number of nitrogens with one attached hydrogen (secondary N) is 1. The van der Waals surface area contributed by atoms with Crippen molar-refractivity contribution in [3.63, 3.8) is 0 Å². The highest BCUT2D eigenvalue weighted by molar-refractivity contribution is 5.85. The maximum atomic E-state index is 12.3. The van der Waals surface area contributed by atoms with Gasteiger partial charge in [0.05, 0.1) is 0 Å². The summed E-state index contributed by atoms with van der Waals surface area (Å²) in [6.45, 7) is 4.20. The van der Waals surface area contributed by atoms with Crippen LogP contribution in [0.3, 0.4) is 0 Å². The van der Waals surface area contributed by atoms with Crippen molar-refractivity contribution >= 4 is 11.7 Å². The van der Waals surface area contributed by atoms with Gasteiger partial charge in [-0.05, 0) is 25.7 Å². The Morgan fingerprint density at radius 3 is 2.53 bits per heavy atom. The zero-order valence-corrected chi connectivity index (χ0v) is 12.1. The molecule has 0 aromatic rings. The quantitative estimate of drug-likeness (QED) is 0.286. The molecule has 5 heteroatoms. The van der Waals surface area contributed by atoms with Crippen molar-refractivity contribution in [3.05, 3.63) is 0 Å². The van der Waals surface area contributed by atoms with Crippen molar-refractivity contribution in [1.82, 2.24) is 5.32 Å². The SMILES string of the molecule is CCCC(CCC)C(=O)NC1CCCC1C(N)=NO. The molecule has 0 aliphatic heterocycles. The fraction of sp³-hybridized carbons (Fsp3) is 0.857. The average molecular weight is 269 g/mol. The third-order valence-electron chi connectivity index (χ3n) is 3.98. The first-order valence-electron chi connectivity index (χ1n) is 7.41. The van der Waals surface area contributed by atoms with E-state index in [0.29, 0.717) is 0 Å². The molecule has 5 nitrogen and oxygen atoms in total. The molecule has 2 unspecified atom stereocenters. The van der Waals surface area contributed by atoms with Gasteiger partial charge in [-0.2, -0.15) is 0 Å². The molecule has 0 radical (unpaired) electrons. The van der Waals surface area contributed by atoms with Gasteiger partial charge in [-0.1, -0.05) is 38.3 Å². The molecule has 1 aliphatic carbocycles. The lowest BCUT2D eigenvalue weighted by Crippen LogP contribution is -2.44. The van der Waals surface area contributed by atoms with Crippen LogP contribution in [-0.4, -0.2) is 23.0 Å². The number of nitrogens with zero attached hydrogens (tertiary/aromatic N) is 1. The molecule has 110 valence electrons. The van der Waals surface area contributed by atoms with Crippen molar-refractivity contribution < 1.29 is 10.0 Å². The molecule has 0 saturated heterocycles. The van der Waals surface area contributed by atoms with Crippen LogP contribution in [0.1, 0.15) is 58.8 Å². The van der Waals surface area contributed by atoms with Crippen LogP contribution in [0.4, 0.5) is 0 Å². The molecule has 0 heterocycles. The highest BCUT2D eigenvalue weighted by atomic mass is 16.4. The van der Waals surface area contributed by atoms with Gasteiger partial charge in [-0.25, -0.2) is 0 Å². The Morgan fingerprint density at radius 2 is 2.00 bits per heavy atom. The number of nitrogens with two attached hydrogens (primary N) is 1. The van der Waals surface area contributed by atoms with E-state index in [1.165, 1.54) is 0 Å². The molecular weight excluding hydrogens is 242 g/mol. The Balaban J connectivity index is 2.58. The van der Waals surface area contributed by atoms with Crippen LogP contribution in [0.5, 0.6) is 0 Å². The van der Waals surface area contributed by atoms with Crippen molar-refractivity contribution in [2.75, 3.05) is 0 Å². The first-order valence-corrected chi connectivity index (χ1v) is 7.41. The van der Waals surface area contributed by atoms with Crippen LogP contribution in [0.2, 0.25) is 0 Å². The van der Waals surface area contributed by atoms with E-state index in [9.17, 15) is 4.79 Å². The summed E-state index contributed by atoms with van der Waals surface area (Å²) >= 11 is 0. The topological polar surface area (TPSA) is 87.7 Å². The fourth-order valence-electron chi connectivity index (χ4n) is 2.97. The van der Waals surface area contributed by atoms with Crippen LogP contribution in [0, 0.1) is 11.8 Å². The minimum Gasteiger partial charge on any atom is -0.409 e. The van der Waals surface area contributed by atoms with E-state index in [1.807, 2.05) is 0 Å². The predicted molar refractivity (Wildman–Crippen MR) is 76.0 cm³/mol. The second-order valence-corrected chi connectivity index (χ2v) is 5.45. The molecule has 0 aromatic carbocycles.